The summed E-state index contributed by atoms with van der Waals surface area (Å²) < 4.78 is 0. The summed E-state index contributed by atoms with van der Waals surface area (Å²) in [6.07, 6.45) is 2.00. The van der Waals surface area contributed by atoms with E-state index in [0.29, 0.717) is 12.1 Å². The van der Waals surface area contributed by atoms with Crippen LogP contribution in [0.15, 0.2) is 12.5 Å². The van der Waals surface area contributed by atoms with Gasteiger partial charge in [-0.25, -0.2) is 9.78 Å². The number of aromatic nitrogens is 2. The molecule has 26 heavy (non-hydrogen) atoms. The molecule has 1 rings (SSSR count). The van der Waals surface area contributed by atoms with E-state index in [0.717, 1.165) is 0 Å². The van der Waals surface area contributed by atoms with Gasteiger partial charge in [0.25, 0.3) is 0 Å². The van der Waals surface area contributed by atoms with Crippen molar-refractivity contribution in [1.29, 1.82) is 0 Å². The fourth-order valence-corrected chi connectivity index (χ4v) is 2.36. The van der Waals surface area contributed by atoms with E-state index in [9.17, 15) is 24.6 Å². The number of aliphatic hydroxyl groups is 1. The van der Waals surface area contributed by atoms with Crippen molar-refractivity contribution in [2.45, 2.75) is 57.8 Å². The van der Waals surface area contributed by atoms with Gasteiger partial charge in [0.15, 0.2) is 0 Å². The zero-order chi connectivity index (χ0) is 19.9. The van der Waals surface area contributed by atoms with Gasteiger partial charge in [0.2, 0.25) is 11.8 Å². The molecule has 10 heteroatoms. The molecule has 0 aromatic carbocycles. The van der Waals surface area contributed by atoms with Crippen LogP contribution in [0.1, 0.15) is 32.9 Å². The molecule has 10 nitrogen and oxygen atoms in total. The molecule has 0 spiro atoms. The summed E-state index contributed by atoms with van der Waals surface area (Å²) in [6.45, 7) is 5.13. The SMILES string of the molecule is CC(C)C[C@H](N)C(=O)N[C@H](C(=O)N[C@@H](Cc1cnc[nH]1)C(=O)O)[C@@H](C)O. The molecule has 0 saturated heterocycles. The van der Waals surface area contributed by atoms with Crippen LogP contribution in [0.25, 0.3) is 0 Å². The van der Waals surface area contributed by atoms with Crippen LogP contribution < -0.4 is 16.4 Å². The van der Waals surface area contributed by atoms with E-state index in [1.54, 1.807) is 0 Å². The van der Waals surface area contributed by atoms with Gasteiger partial charge in [-0.1, -0.05) is 13.8 Å². The monoisotopic (exact) mass is 369 g/mol. The number of carboxylic acid groups (broad SMARTS) is 1. The number of carbonyl (C=O) groups is 3. The number of aliphatic hydroxyl groups excluding tert-OH is 1. The van der Waals surface area contributed by atoms with Crippen molar-refractivity contribution < 1.29 is 24.6 Å². The Labute approximate surface area is 151 Å². The Kier molecular flexibility index (Phi) is 8.20. The van der Waals surface area contributed by atoms with E-state index in [1.807, 2.05) is 13.8 Å². The largest absolute Gasteiger partial charge is 0.480 e. The lowest BCUT2D eigenvalue weighted by atomic mass is 10.0. The maximum Gasteiger partial charge on any atom is 0.326 e. The van der Waals surface area contributed by atoms with E-state index in [4.69, 9.17) is 5.73 Å². The number of aromatic amines is 1. The summed E-state index contributed by atoms with van der Waals surface area (Å²) in [7, 11) is 0. The lowest BCUT2D eigenvalue weighted by molar-refractivity contribution is -0.143. The van der Waals surface area contributed by atoms with Crippen LogP contribution in [0.2, 0.25) is 0 Å². The molecule has 0 aliphatic heterocycles. The second kappa shape index (κ2) is 9.88. The number of nitrogens with zero attached hydrogens (tertiary/aromatic N) is 1. The third kappa shape index (κ3) is 6.81. The fraction of sp³-hybridized carbons (Fsp3) is 0.625. The van der Waals surface area contributed by atoms with Crippen LogP contribution in [0, 0.1) is 5.92 Å². The van der Waals surface area contributed by atoms with Gasteiger partial charge in [0.1, 0.15) is 12.1 Å². The highest BCUT2D eigenvalue weighted by atomic mass is 16.4. The van der Waals surface area contributed by atoms with Gasteiger partial charge in [-0.05, 0) is 19.3 Å². The fourth-order valence-electron chi connectivity index (χ4n) is 2.36. The van der Waals surface area contributed by atoms with Gasteiger partial charge >= 0.3 is 5.97 Å². The number of hydrogen-bond donors (Lipinski definition) is 6. The van der Waals surface area contributed by atoms with Crippen molar-refractivity contribution in [3.05, 3.63) is 18.2 Å². The molecule has 0 fully saturated rings. The number of nitrogens with two attached hydrogens (primary N) is 1. The van der Waals surface area contributed by atoms with Gasteiger partial charge in [-0.2, -0.15) is 0 Å². The van der Waals surface area contributed by atoms with Crippen LogP contribution >= 0.6 is 0 Å². The number of carboxylic acids is 1. The van der Waals surface area contributed by atoms with Gasteiger partial charge < -0.3 is 31.6 Å². The molecule has 0 radical (unpaired) electrons. The van der Waals surface area contributed by atoms with Crippen molar-refractivity contribution in [3.8, 4) is 0 Å². The first-order valence-electron chi connectivity index (χ1n) is 8.36. The second-order valence-electron chi connectivity index (χ2n) is 6.64. The Morgan fingerprint density at radius 2 is 1.88 bits per heavy atom. The van der Waals surface area contributed by atoms with E-state index in [2.05, 4.69) is 20.6 Å². The molecule has 4 atom stereocenters. The summed E-state index contributed by atoms with van der Waals surface area (Å²) in [5.74, 6) is -2.46. The number of H-pyrrole nitrogens is 1. The predicted octanol–water partition coefficient (Wildman–Crippen LogP) is -1.24. The average molecular weight is 369 g/mol. The number of nitrogens with one attached hydrogen (secondary N) is 3. The summed E-state index contributed by atoms with van der Waals surface area (Å²) in [4.78, 5) is 42.4. The van der Waals surface area contributed by atoms with Crippen LogP contribution in [0.3, 0.4) is 0 Å². The van der Waals surface area contributed by atoms with Gasteiger partial charge in [0, 0.05) is 18.3 Å². The first kappa shape index (κ1) is 21.6. The zero-order valence-corrected chi connectivity index (χ0v) is 15.1. The average Bonchev–Trinajstić information content (AvgIpc) is 3.03. The Hall–Kier alpha value is -2.46. The number of hydrogen-bond acceptors (Lipinski definition) is 6. The highest BCUT2D eigenvalue weighted by molar-refractivity contribution is 5.92. The molecule has 1 aromatic heterocycles. The van der Waals surface area contributed by atoms with Crippen molar-refractivity contribution in [2.24, 2.45) is 11.7 Å². The molecule has 2 amide bonds. The number of amides is 2. The summed E-state index contributed by atoms with van der Waals surface area (Å²) >= 11 is 0. The third-order valence-corrected chi connectivity index (χ3v) is 3.72. The van der Waals surface area contributed by atoms with Crippen LogP contribution in [0.5, 0.6) is 0 Å². The Morgan fingerprint density at radius 1 is 1.23 bits per heavy atom. The Bertz CT molecular complexity index is 602. The molecule has 0 aliphatic carbocycles. The zero-order valence-electron chi connectivity index (χ0n) is 15.1. The maximum atomic E-state index is 12.4. The lowest BCUT2D eigenvalue weighted by Gasteiger charge is -2.25. The van der Waals surface area contributed by atoms with Gasteiger partial charge in [0.05, 0.1) is 18.5 Å². The highest BCUT2D eigenvalue weighted by Gasteiger charge is 2.31. The normalized spacial score (nSPS) is 15.8. The molecule has 0 bridgehead atoms. The van der Waals surface area contributed by atoms with Crippen LogP contribution in [-0.4, -0.2) is 62.2 Å². The molecule has 146 valence electrons. The molecule has 7 N–H and O–H groups in total. The molecular weight excluding hydrogens is 342 g/mol. The summed E-state index contributed by atoms with van der Waals surface area (Å²) in [5, 5.41) is 23.8. The molecule has 1 heterocycles. The van der Waals surface area contributed by atoms with Crippen molar-refractivity contribution in [1.82, 2.24) is 20.6 Å². The minimum atomic E-state index is -1.32. The van der Waals surface area contributed by atoms with E-state index in [-0.39, 0.29) is 12.3 Å². The molecule has 0 saturated carbocycles. The minimum absolute atomic E-state index is 0.0194. The third-order valence-electron chi connectivity index (χ3n) is 3.72. The van der Waals surface area contributed by atoms with Gasteiger partial charge in [-0.15, -0.1) is 0 Å². The van der Waals surface area contributed by atoms with E-state index >= 15 is 0 Å². The van der Waals surface area contributed by atoms with Crippen molar-refractivity contribution >= 4 is 17.8 Å². The highest BCUT2D eigenvalue weighted by Crippen LogP contribution is 2.05. The first-order valence-corrected chi connectivity index (χ1v) is 8.36. The number of rotatable bonds is 10. The van der Waals surface area contributed by atoms with Crippen LogP contribution in [0.4, 0.5) is 0 Å². The molecule has 0 aliphatic rings. The Balaban J connectivity index is 2.76. The quantitative estimate of drug-likeness (QED) is 0.299. The smallest absolute Gasteiger partial charge is 0.326 e. The summed E-state index contributed by atoms with van der Waals surface area (Å²) in [6, 6.07) is -3.39. The summed E-state index contributed by atoms with van der Waals surface area (Å²) in [5.41, 5.74) is 6.30. The van der Waals surface area contributed by atoms with E-state index < -0.39 is 42.0 Å². The number of carbonyl (C=O) groups excluding carboxylic acids is 2. The predicted molar refractivity (Wildman–Crippen MR) is 92.9 cm³/mol. The van der Waals surface area contributed by atoms with Gasteiger partial charge in [-0.3, -0.25) is 9.59 Å². The number of imidazole rings is 1. The van der Waals surface area contributed by atoms with E-state index in [1.165, 1.54) is 19.4 Å². The molecular formula is C16H27N5O5. The second-order valence-corrected chi connectivity index (χ2v) is 6.64. The lowest BCUT2D eigenvalue weighted by Crippen LogP contribution is -2.58. The minimum Gasteiger partial charge on any atom is -0.480 e. The van der Waals surface area contributed by atoms with Crippen molar-refractivity contribution in [3.63, 3.8) is 0 Å². The topological polar surface area (TPSA) is 170 Å². The Morgan fingerprint density at radius 3 is 2.35 bits per heavy atom. The van der Waals surface area contributed by atoms with Crippen LogP contribution in [-0.2, 0) is 20.8 Å². The standard InChI is InChI=1S/C16H27N5O5/c1-8(2)4-11(17)14(23)21-13(9(3)22)15(24)20-12(16(25)26)5-10-6-18-7-19-10/h6-9,11-13,22H,4-5,17H2,1-3H3,(H,18,19)(H,20,24)(H,21,23)(H,25,26)/t9-,11+,12+,13+/m1/s1. The molecule has 0 unspecified atom stereocenters. The molecule has 1 aromatic rings. The maximum absolute atomic E-state index is 12.4. The first-order chi connectivity index (χ1) is 12.1. The number of aliphatic carboxylic acids is 1. The van der Waals surface area contributed by atoms with Crippen molar-refractivity contribution in [2.75, 3.05) is 0 Å².